The average molecular weight is 578 g/mol. The van der Waals surface area contributed by atoms with E-state index in [9.17, 15) is 24.3 Å². The Hall–Kier alpha value is -4.81. The van der Waals surface area contributed by atoms with Gasteiger partial charge in [0.25, 0.3) is 5.91 Å². The Morgan fingerprint density at radius 3 is 2.63 bits per heavy atom. The molecule has 0 radical (unpaired) electrons. The molecule has 1 saturated heterocycles. The molecule has 6 rings (SSSR count). The number of hydrogen-bond donors (Lipinski definition) is 3. The predicted octanol–water partition coefficient (Wildman–Crippen LogP) is 3.91. The number of nitrogens with one attached hydrogen (secondary N) is 2. The van der Waals surface area contributed by atoms with Crippen LogP contribution in [0.25, 0.3) is 11.0 Å². The molecule has 0 saturated carbocycles. The normalized spacial score (nSPS) is 18.4. The molecule has 3 N–H and O–H groups in total. The summed E-state index contributed by atoms with van der Waals surface area (Å²) in [5.41, 5.74) is -0.827. The van der Waals surface area contributed by atoms with Crippen LogP contribution in [0.4, 0.5) is 20.8 Å². The molecule has 3 heterocycles. The minimum absolute atomic E-state index is 0.0307. The summed E-state index contributed by atoms with van der Waals surface area (Å²) in [6, 6.07) is 15.3. The van der Waals surface area contributed by atoms with Crippen molar-refractivity contribution in [2.45, 2.75) is 18.6 Å². The number of aromatic nitrogens is 2. The minimum atomic E-state index is -2.10. The maximum Gasteiger partial charge on any atom is 0.414 e. The Kier molecular flexibility index (Phi) is 6.43. The van der Waals surface area contributed by atoms with Crippen molar-refractivity contribution in [3.8, 4) is 0 Å². The number of imide groups is 1. The molecule has 2 aliphatic heterocycles. The molecule has 0 bridgehead atoms. The number of hydrogen-bond acceptors (Lipinski definition) is 7. The molecule has 2 aliphatic rings. The Labute approximate surface area is 236 Å². The summed E-state index contributed by atoms with van der Waals surface area (Å²) in [5.74, 6) is -2.06. The molecule has 11 nitrogen and oxygen atoms in total. The zero-order valence-electron chi connectivity index (χ0n) is 21.2. The first kappa shape index (κ1) is 26.4. The fourth-order valence-electron chi connectivity index (χ4n) is 5.12. The first-order chi connectivity index (χ1) is 19.7. The number of H-pyrrole nitrogens is 1. The van der Waals surface area contributed by atoms with E-state index in [0.717, 1.165) is 9.80 Å². The van der Waals surface area contributed by atoms with Crippen LogP contribution in [0.1, 0.15) is 34.3 Å². The maximum atomic E-state index is 15.2. The van der Waals surface area contributed by atoms with Crippen molar-refractivity contribution < 1.29 is 33.4 Å². The van der Waals surface area contributed by atoms with Gasteiger partial charge >= 0.3 is 6.09 Å². The summed E-state index contributed by atoms with van der Waals surface area (Å²) >= 11 is 6.01. The zero-order chi connectivity index (χ0) is 28.9. The van der Waals surface area contributed by atoms with Crippen LogP contribution in [0.3, 0.4) is 0 Å². The predicted molar refractivity (Wildman–Crippen MR) is 145 cm³/mol. The number of rotatable bonds is 6. The summed E-state index contributed by atoms with van der Waals surface area (Å²) in [6.45, 7) is -0.235. The van der Waals surface area contributed by atoms with Crippen LogP contribution in [0, 0.1) is 5.82 Å². The van der Waals surface area contributed by atoms with Gasteiger partial charge in [0.2, 0.25) is 17.8 Å². The summed E-state index contributed by atoms with van der Waals surface area (Å²) < 4.78 is 20.2. The number of carbonyl (C=O) groups excluding carboxylic acids is 4. The standard InChI is InChI=1S/C28H21ClFN5O6/c29-18-6-3-7-21(24(18)30)35-25(38)16-4-1-2-5-17(16)28(35,40)15-8-9-19-20(14-15)32-26(31-19)33-27(39)41-13-12-34-22(36)10-11-23(34)37/h1-9,14,40H,10-13H2,(H2,31,32,33,39). The molecule has 208 valence electrons. The number of halogens is 2. The van der Waals surface area contributed by atoms with Gasteiger partial charge in [-0.2, -0.15) is 0 Å². The molecule has 3 aromatic carbocycles. The summed E-state index contributed by atoms with van der Waals surface area (Å²) in [5, 5.41) is 14.4. The van der Waals surface area contributed by atoms with E-state index in [-0.39, 0.29) is 71.2 Å². The molecule has 1 aromatic heterocycles. The Balaban J connectivity index is 1.28. The number of aromatic amines is 1. The third kappa shape index (κ3) is 4.37. The SMILES string of the molecule is O=C(Nc1nc2ccc(C3(O)c4ccccc4C(=O)N3c3cccc(Cl)c3F)cc2[nH]1)OCCN1C(=O)CCC1=O. The van der Waals surface area contributed by atoms with E-state index in [0.29, 0.717) is 11.0 Å². The van der Waals surface area contributed by atoms with Crippen LogP contribution < -0.4 is 10.2 Å². The van der Waals surface area contributed by atoms with E-state index in [2.05, 4.69) is 15.3 Å². The van der Waals surface area contributed by atoms with E-state index in [1.165, 1.54) is 24.3 Å². The van der Waals surface area contributed by atoms with Gasteiger partial charge in [-0.3, -0.25) is 29.5 Å². The number of anilines is 2. The lowest BCUT2D eigenvalue weighted by atomic mass is 9.93. The van der Waals surface area contributed by atoms with Crippen molar-refractivity contribution >= 4 is 58.1 Å². The van der Waals surface area contributed by atoms with Gasteiger partial charge < -0.3 is 14.8 Å². The minimum Gasteiger partial charge on any atom is -0.447 e. The van der Waals surface area contributed by atoms with Crippen molar-refractivity contribution in [3.05, 3.63) is 88.2 Å². The highest BCUT2D eigenvalue weighted by atomic mass is 35.5. The third-order valence-corrected chi connectivity index (χ3v) is 7.33. The second kappa shape index (κ2) is 9.98. The van der Waals surface area contributed by atoms with Crippen LogP contribution in [-0.2, 0) is 20.1 Å². The van der Waals surface area contributed by atoms with E-state index in [4.69, 9.17) is 16.3 Å². The van der Waals surface area contributed by atoms with Gasteiger partial charge in [-0.1, -0.05) is 41.9 Å². The van der Waals surface area contributed by atoms with Crippen molar-refractivity contribution in [1.82, 2.24) is 14.9 Å². The fraction of sp³-hybridized carbons (Fsp3) is 0.179. The molecular weight excluding hydrogens is 557 g/mol. The lowest BCUT2D eigenvalue weighted by molar-refractivity contribution is -0.138. The van der Waals surface area contributed by atoms with Gasteiger partial charge in [0, 0.05) is 29.5 Å². The van der Waals surface area contributed by atoms with E-state index in [1.54, 1.807) is 36.4 Å². The zero-order valence-corrected chi connectivity index (χ0v) is 21.9. The van der Waals surface area contributed by atoms with Gasteiger partial charge in [0.05, 0.1) is 28.3 Å². The molecule has 4 amide bonds. The molecule has 1 unspecified atom stereocenters. The monoisotopic (exact) mass is 577 g/mol. The number of amides is 4. The van der Waals surface area contributed by atoms with Crippen molar-refractivity contribution in [1.29, 1.82) is 0 Å². The second-order valence-corrected chi connectivity index (χ2v) is 9.86. The van der Waals surface area contributed by atoms with Crippen LogP contribution in [0.15, 0.2) is 60.7 Å². The van der Waals surface area contributed by atoms with E-state index >= 15 is 4.39 Å². The summed E-state index contributed by atoms with van der Waals surface area (Å²) in [7, 11) is 0. The van der Waals surface area contributed by atoms with E-state index < -0.39 is 23.5 Å². The highest BCUT2D eigenvalue weighted by molar-refractivity contribution is 6.31. The van der Waals surface area contributed by atoms with Gasteiger partial charge in [-0.25, -0.2) is 14.2 Å². The fourth-order valence-corrected chi connectivity index (χ4v) is 5.28. The van der Waals surface area contributed by atoms with E-state index in [1.807, 2.05) is 0 Å². The van der Waals surface area contributed by atoms with Crippen molar-refractivity contribution in [2.75, 3.05) is 23.4 Å². The van der Waals surface area contributed by atoms with Gasteiger partial charge in [-0.05, 0) is 30.3 Å². The van der Waals surface area contributed by atoms with Crippen LogP contribution >= 0.6 is 11.6 Å². The first-order valence-corrected chi connectivity index (χ1v) is 12.9. The number of ether oxygens (including phenoxy) is 1. The molecule has 4 aromatic rings. The molecule has 1 fully saturated rings. The molecular formula is C28H21ClFN5O6. The Morgan fingerprint density at radius 1 is 1.10 bits per heavy atom. The van der Waals surface area contributed by atoms with Crippen molar-refractivity contribution in [3.63, 3.8) is 0 Å². The lowest BCUT2D eigenvalue weighted by Gasteiger charge is -2.35. The van der Waals surface area contributed by atoms with Crippen molar-refractivity contribution in [2.24, 2.45) is 0 Å². The number of benzene rings is 3. The van der Waals surface area contributed by atoms with Gasteiger partial charge in [0.15, 0.2) is 11.5 Å². The van der Waals surface area contributed by atoms with Crippen LogP contribution in [-0.4, -0.2) is 56.9 Å². The van der Waals surface area contributed by atoms with Gasteiger partial charge in [-0.15, -0.1) is 0 Å². The number of carbonyl (C=O) groups is 4. The smallest absolute Gasteiger partial charge is 0.414 e. The molecule has 0 aliphatic carbocycles. The quantitative estimate of drug-likeness (QED) is 0.295. The highest BCUT2D eigenvalue weighted by Gasteiger charge is 2.51. The number of nitrogens with zero attached hydrogens (tertiary/aromatic N) is 3. The molecule has 1 atom stereocenters. The topological polar surface area (TPSA) is 145 Å². The number of likely N-dealkylation sites (tertiary alicyclic amines) is 1. The maximum absolute atomic E-state index is 15.2. The Morgan fingerprint density at radius 2 is 1.85 bits per heavy atom. The molecule has 41 heavy (non-hydrogen) atoms. The lowest BCUT2D eigenvalue weighted by Crippen LogP contribution is -2.45. The summed E-state index contributed by atoms with van der Waals surface area (Å²) in [4.78, 5) is 58.3. The third-order valence-electron chi connectivity index (χ3n) is 7.04. The average Bonchev–Trinajstić information content (AvgIpc) is 3.58. The van der Waals surface area contributed by atoms with Crippen LogP contribution in [0.2, 0.25) is 5.02 Å². The number of aliphatic hydroxyl groups is 1. The molecule has 13 heteroatoms. The highest BCUT2D eigenvalue weighted by Crippen LogP contribution is 2.46. The van der Waals surface area contributed by atoms with Crippen LogP contribution in [0.5, 0.6) is 0 Å². The summed E-state index contributed by atoms with van der Waals surface area (Å²) in [6.07, 6.45) is -0.570. The Bertz CT molecular complexity index is 1740. The largest absolute Gasteiger partial charge is 0.447 e. The second-order valence-electron chi connectivity index (χ2n) is 9.45. The number of fused-ring (bicyclic) bond motifs is 2. The molecule has 0 spiro atoms. The number of imidazole rings is 1. The first-order valence-electron chi connectivity index (χ1n) is 12.6. The van der Waals surface area contributed by atoms with Gasteiger partial charge in [0.1, 0.15) is 6.61 Å².